The fraction of sp³-hybridized carbons (Fsp3) is 0.348. The first kappa shape index (κ1) is 19.0. The number of ether oxygens (including phenoxy) is 1. The minimum atomic E-state index is 0.0131. The second kappa shape index (κ2) is 7.35. The largest absolute Gasteiger partial charge is 0.492 e. The molecule has 1 fully saturated rings. The van der Waals surface area contributed by atoms with E-state index < -0.39 is 0 Å². The first-order valence-corrected chi connectivity index (χ1v) is 12.0. The molecule has 1 saturated heterocycles. The molecule has 2 aromatic carbocycles. The van der Waals surface area contributed by atoms with E-state index in [9.17, 15) is 4.79 Å². The van der Waals surface area contributed by atoms with Crippen LogP contribution in [0.15, 0.2) is 46.7 Å². The number of piperidine rings is 1. The first-order chi connectivity index (χ1) is 14.1. The summed E-state index contributed by atoms with van der Waals surface area (Å²) in [6.07, 6.45) is 3.93. The Morgan fingerprint density at radius 2 is 1.97 bits per heavy atom. The number of carbonyl (C=O) groups is 1. The summed E-state index contributed by atoms with van der Waals surface area (Å²) in [7, 11) is 0. The van der Waals surface area contributed by atoms with Gasteiger partial charge in [0.1, 0.15) is 10.6 Å². The zero-order chi connectivity index (χ0) is 20.0. The topological polar surface area (TPSA) is 55.6 Å². The van der Waals surface area contributed by atoms with Crippen LogP contribution < -0.4 is 10.5 Å². The van der Waals surface area contributed by atoms with E-state index in [4.69, 9.17) is 10.5 Å². The van der Waals surface area contributed by atoms with E-state index in [0.717, 1.165) is 47.5 Å². The monoisotopic (exact) mass is 424 g/mol. The molecule has 4 nitrogen and oxygen atoms in total. The number of thiophene rings is 1. The molecule has 3 aromatic rings. The van der Waals surface area contributed by atoms with Crippen molar-refractivity contribution in [2.45, 2.75) is 29.0 Å². The SMILES string of the molecule is CSc1sc(C(=O)N2CCC3(CC2)COc2ccc(CN)cc23)c2ccccc12. The van der Waals surface area contributed by atoms with Gasteiger partial charge in [-0.1, -0.05) is 36.4 Å². The number of hydrogen-bond donors (Lipinski definition) is 1. The summed E-state index contributed by atoms with van der Waals surface area (Å²) in [6, 6.07) is 14.5. The molecule has 2 aliphatic rings. The summed E-state index contributed by atoms with van der Waals surface area (Å²) in [4.78, 5) is 16.3. The number of amides is 1. The molecule has 6 heteroatoms. The predicted molar refractivity (Wildman–Crippen MR) is 120 cm³/mol. The van der Waals surface area contributed by atoms with Crippen molar-refractivity contribution in [3.8, 4) is 5.75 Å². The van der Waals surface area contributed by atoms with Crippen LogP contribution in [0.2, 0.25) is 0 Å². The van der Waals surface area contributed by atoms with Gasteiger partial charge in [0, 0.05) is 41.4 Å². The lowest BCUT2D eigenvalue weighted by atomic mass is 9.74. The second-order valence-electron chi connectivity index (χ2n) is 7.86. The summed E-state index contributed by atoms with van der Waals surface area (Å²) < 4.78 is 7.22. The van der Waals surface area contributed by atoms with E-state index >= 15 is 0 Å². The van der Waals surface area contributed by atoms with Crippen molar-refractivity contribution in [3.63, 3.8) is 0 Å². The van der Waals surface area contributed by atoms with Crippen LogP contribution in [0.5, 0.6) is 5.75 Å². The van der Waals surface area contributed by atoms with Gasteiger partial charge in [-0.15, -0.1) is 23.1 Å². The number of fused-ring (bicyclic) bond motifs is 3. The second-order valence-corrected chi connectivity index (χ2v) is 9.96. The zero-order valence-corrected chi connectivity index (χ0v) is 18.1. The van der Waals surface area contributed by atoms with Crippen LogP contribution in [0.4, 0.5) is 0 Å². The summed E-state index contributed by atoms with van der Waals surface area (Å²) in [6.45, 7) is 2.76. The number of nitrogens with zero attached hydrogens (tertiary/aromatic N) is 1. The van der Waals surface area contributed by atoms with Gasteiger partial charge >= 0.3 is 0 Å². The number of thioether (sulfide) groups is 1. The van der Waals surface area contributed by atoms with Crippen LogP contribution in [0.25, 0.3) is 10.8 Å². The summed E-state index contributed by atoms with van der Waals surface area (Å²) in [5.41, 5.74) is 8.28. The highest BCUT2D eigenvalue weighted by Crippen LogP contribution is 2.46. The third-order valence-electron chi connectivity index (χ3n) is 6.33. The van der Waals surface area contributed by atoms with Gasteiger partial charge in [0.25, 0.3) is 5.91 Å². The number of benzene rings is 2. The summed E-state index contributed by atoms with van der Waals surface area (Å²) >= 11 is 3.34. The van der Waals surface area contributed by atoms with Crippen molar-refractivity contribution in [3.05, 3.63) is 58.5 Å². The molecule has 3 heterocycles. The van der Waals surface area contributed by atoms with Crippen LogP contribution in [-0.4, -0.2) is 36.8 Å². The van der Waals surface area contributed by atoms with Crippen LogP contribution in [0, 0.1) is 0 Å². The van der Waals surface area contributed by atoms with Gasteiger partial charge in [0.05, 0.1) is 10.8 Å². The molecule has 0 bridgehead atoms. The molecular formula is C23H24N2O2S2. The van der Waals surface area contributed by atoms with Gasteiger partial charge in [0.2, 0.25) is 0 Å². The summed E-state index contributed by atoms with van der Waals surface area (Å²) in [5, 5.41) is 2.27. The lowest BCUT2D eigenvalue weighted by Crippen LogP contribution is -2.45. The molecule has 0 atom stereocenters. The fourth-order valence-corrected chi connectivity index (χ4v) is 6.56. The minimum Gasteiger partial charge on any atom is -0.492 e. The van der Waals surface area contributed by atoms with Gasteiger partial charge in [-0.25, -0.2) is 0 Å². The quantitative estimate of drug-likeness (QED) is 0.622. The van der Waals surface area contributed by atoms with E-state index in [1.54, 1.807) is 23.1 Å². The van der Waals surface area contributed by atoms with Gasteiger partial charge in [-0.3, -0.25) is 4.79 Å². The average molecular weight is 425 g/mol. The van der Waals surface area contributed by atoms with Crippen LogP contribution in [0.3, 0.4) is 0 Å². The van der Waals surface area contributed by atoms with Crippen molar-refractivity contribution in [2.24, 2.45) is 5.73 Å². The van der Waals surface area contributed by atoms with E-state index in [1.807, 2.05) is 29.2 Å². The molecular weight excluding hydrogens is 400 g/mol. The Labute approximate surface area is 179 Å². The molecule has 0 unspecified atom stereocenters. The van der Waals surface area contributed by atoms with Gasteiger partial charge in [0.15, 0.2) is 0 Å². The Balaban J connectivity index is 1.39. The Morgan fingerprint density at radius 1 is 1.21 bits per heavy atom. The van der Waals surface area contributed by atoms with Crippen molar-refractivity contribution in [2.75, 3.05) is 26.0 Å². The normalized spacial score (nSPS) is 17.5. The third kappa shape index (κ3) is 3.05. The minimum absolute atomic E-state index is 0.0131. The van der Waals surface area contributed by atoms with Crippen molar-refractivity contribution in [1.29, 1.82) is 0 Å². The molecule has 2 aliphatic heterocycles. The van der Waals surface area contributed by atoms with E-state index in [0.29, 0.717) is 13.2 Å². The van der Waals surface area contributed by atoms with Gasteiger partial charge in [-0.05, 0) is 30.7 Å². The molecule has 1 aromatic heterocycles. The Hall–Kier alpha value is -2.02. The highest BCUT2D eigenvalue weighted by molar-refractivity contribution is 8.00. The predicted octanol–water partition coefficient (Wildman–Crippen LogP) is 4.65. The maximum Gasteiger partial charge on any atom is 0.264 e. The standard InChI is InChI=1S/C23H24N2O2S2/c1-28-22-17-5-3-2-4-16(17)20(29-22)21(26)25-10-8-23(9-11-25)14-27-19-7-6-15(13-24)12-18(19)23/h2-7,12H,8-11,13-14,24H2,1H3. The Bertz CT molecular complexity index is 1080. The van der Waals surface area contributed by atoms with Crippen molar-refractivity contribution < 1.29 is 9.53 Å². The Kier molecular flexibility index (Phi) is 4.81. The highest BCUT2D eigenvalue weighted by Gasteiger charge is 2.44. The molecule has 1 spiro atoms. The number of hydrogen-bond acceptors (Lipinski definition) is 5. The van der Waals surface area contributed by atoms with Crippen molar-refractivity contribution in [1.82, 2.24) is 4.90 Å². The molecule has 5 rings (SSSR count). The maximum absolute atomic E-state index is 13.4. The van der Waals surface area contributed by atoms with E-state index in [1.165, 1.54) is 15.2 Å². The molecule has 29 heavy (non-hydrogen) atoms. The van der Waals surface area contributed by atoms with E-state index in [-0.39, 0.29) is 11.3 Å². The number of likely N-dealkylation sites (tertiary alicyclic amines) is 1. The average Bonchev–Trinajstić information content (AvgIpc) is 3.32. The molecule has 1 amide bonds. The van der Waals surface area contributed by atoms with Gasteiger partial charge < -0.3 is 15.4 Å². The van der Waals surface area contributed by atoms with Crippen LogP contribution in [-0.2, 0) is 12.0 Å². The number of carbonyl (C=O) groups excluding carboxylic acids is 1. The lowest BCUT2D eigenvalue weighted by molar-refractivity contribution is 0.0653. The molecule has 0 aliphatic carbocycles. The third-order valence-corrected chi connectivity index (χ3v) is 8.67. The molecule has 0 radical (unpaired) electrons. The Morgan fingerprint density at radius 3 is 2.69 bits per heavy atom. The molecule has 0 saturated carbocycles. The molecule has 2 N–H and O–H groups in total. The number of nitrogens with two attached hydrogens (primary N) is 1. The first-order valence-electron chi connectivity index (χ1n) is 9.96. The van der Waals surface area contributed by atoms with E-state index in [2.05, 4.69) is 24.5 Å². The maximum atomic E-state index is 13.4. The molecule has 150 valence electrons. The van der Waals surface area contributed by atoms with Crippen LogP contribution >= 0.6 is 23.1 Å². The summed E-state index contributed by atoms with van der Waals surface area (Å²) in [5.74, 6) is 1.15. The van der Waals surface area contributed by atoms with Crippen LogP contribution in [0.1, 0.15) is 33.6 Å². The zero-order valence-electron chi connectivity index (χ0n) is 16.4. The van der Waals surface area contributed by atoms with Gasteiger partial charge in [-0.2, -0.15) is 0 Å². The fourth-order valence-electron chi connectivity index (χ4n) is 4.61. The smallest absolute Gasteiger partial charge is 0.264 e. The lowest BCUT2D eigenvalue weighted by Gasteiger charge is -2.38. The number of rotatable bonds is 3. The highest BCUT2D eigenvalue weighted by atomic mass is 32.2. The van der Waals surface area contributed by atoms with Crippen molar-refractivity contribution >= 4 is 39.8 Å².